The van der Waals surface area contributed by atoms with Crippen LogP contribution in [0.5, 0.6) is 0 Å². The Morgan fingerprint density at radius 2 is 1.95 bits per heavy atom. The van der Waals surface area contributed by atoms with Crippen molar-refractivity contribution < 1.29 is 14.3 Å². The summed E-state index contributed by atoms with van der Waals surface area (Å²) in [6.45, 7) is 4.45. The largest absolute Gasteiger partial charge is 0.376 e. The van der Waals surface area contributed by atoms with Crippen LogP contribution in [0, 0.1) is 5.41 Å². The third-order valence-corrected chi connectivity index (χ3v) is 3.68. The number of rotatable bonds is 5. The molecule has 2 N–H and O–H groups in total. The first-order valence-electron chi connectivity index (χ1n) is 7.26. The van der Waals surface area contributed by atoms with Crippen LogP contribution in [0.15, 0.2) is 30.3 Å². The minimum Gasteiger partial charge on any atom is -0.376 e. The molecule has 1 aromatic rings. The molecule has 1 fully saturated rings. The molecule has 0 spiro atoms. The van der Waals surface area contributed by atoms with E-state index in [1.165, 1.54) is 0 Å². The summed E-state index contributed by atoms with van der Waals surface area (Å²) in [5.41, 5.74) is -0.448. The van der Waals surface area contributed by atoms with E-state index >= 15 is 0 Å². The van der Waals surface area contributed by atoms with Gasteiger partial charge in [0.2, 0.25) is 11.8 Å². The van der Waals surface area contributed by atoms with Crippen molar-refractivity contribution in [3.63, 3.8) is 0 Å². The van der Waals surface area contributed by atoms with Crippen LogP contribution in [-0.2, 0) is 14.3 Å². The molecule has 0 aliphatic carbocycles. The number of hydrogen-bond acceptors (Lipinski definition) is 3. The zero-order valence-electron chi connectivity index (χ0n) is 12.5. The van der Waals surface area contributed by atoms with Crippen LogP contribution < -0.4 is 10.6 Å². The first-order chi connectivity index (χ1) is 10.00. The van der Waals surface area contributed by atoms with Crippen molar-refractivity contribution in [3.05, 3.63) is 30.3 Å². The van der Waals surface area contributed by atoms with E-state index in [1.807, 2.05) is 18.2 Å². The number of ether oxygens (including phenoxy) is 1. The first-order valence-corrected chi connectivity index (χ1v) is 7.26. The van der Waals surface area contributed by atoms with Crippen molar-refractivity contribution in [2.45, 2.75) is 32.8 Å². The quantitative estimate of drug-likeness (QED) is 0.814. The van der Waals surface area contributed by atoms with E-state index in [2.05, 4.69) is 10.6 Å². The van der Waals surface area contributed by atoms with E-state index < -0.39 is 5.41 Å². The van der Waals surface area contributed by atoms with Crippen molar-refractivity contribution >= 4 is 17.5 Å². The summed E-state index contributed by atoms with van der Waals surface area (Å²) < 4.78 is 5.46. The van der Waals surface area contributed by atoms with Gasteiger partial charge in [-0.1, -0.05) is 18.2 Å². The number of carbonyl (C=O) groups excluding carboxylic acids is 2. The van der Waals surface area contributed by atoms with Crippen LogP contribution in [0.4, 0.5) is 5.69 Å². The van der Waals surface area contributed by atoms with E-state index in [1.54, 1.807) is 26.0 Å². The first kappa shape index (κ1) is 15.5. The Balaban J connectivity index is 1.89. The van der Waals surface area contributed by atoms with Crippen molar-refractivity contribution in [2.75, 3.05) is 18.5 Å². The molecule has 1 saturated heterocycles. The lowest BCUT2D eigenvalue weighted by Gasteiger charge is -2.23. The average Bonchev–Trinajstić information content (AvgIpc) is 2.99. The highest BCUT2D eigenvalue weighted by Gasteiger charge is 2.36. The lowest BCUT2D eigenvalue weighted by Crippen LogP contribution is -2.47. The van der Waals surface area contributed by atoms with E-state index in [4.69, 9.17) is 4.74 Å². The molecule has 1 aliphatic rings. The summed E-state index contributed by atoms with van der Waals surface area (Å²) in [6.07, 6.45) is 2.05. The zero-order valence-corrected chi connectivity index (χ0v) is 12.5. The van der Waals surface area contributed by atoms with Crippen LogP contribution in [0.1, 0.15) is 26.7 Å². The molecule has 2 amide bonds. The summed E-state index contributed by atoms with van der Waals surface area (Å²) in [7, 11) is 0. The fourth-order valence-electron chi connectivity index (χ4n) is 2.14. The summed E-state index contributed by atoms with van der Waals surface area (Å²) in [4.78, 5) is 24.5. The molecule has 114 valence electrons. The van der Waals surface area contributed by atoms with Gasteiger partial charge in [0.05, 0.1) is 6.10 Å². The molecule has 0 aromatic heterocycles. The molecule has 1 unspecified atom stereocenters. The van der Waals surface area contributed by atoms with E-state index in [-0.39, 0.29) is 17.9 Å². The van der Waals surface area contributed by atoms with Gasteiger partial charge in [-0.2, -0.15) is 0 Å². The van der Waals surface area contributed by atoms with E-state index in [0.29, 0.717) is 12.2 Å². The molecular weight excluding hydrogens is 268 g/mol. The van der Waals surface area contributed by atoms with Crippen LogP contribution in [-0.4, -0.2) is 31.1 Å². The Morgan fingerprint density at radius 1 is 1.24 bits per heavy atom. The lowest BCUT2D eigenvalue weighted by atomic mass is 9.91. The average molecular weight is 290 g/mol. The van der Waals surface area contributed by atoms with Gasteiger partial charge < -0.3 is 15.4 Å². The fraction of sp³-hybridized carbons (Fsp3) is 0.500. The van der Waals surface area contributed by atoms with Gasteiger partial charge in [-0.05, 0) is 38.8 Å². The van der Waals surface area contributed by atoms with Gasteiger partial charge in [-0.3, -0.25) is 9.59 Å². The van der Waals surface area contributed by atoms with Gasteiger partial charge in [-0.25, -0.2) is 0 Å². The molecule has 1 heterocycles. The zero-order chi connectivity index (χ0) is 15.3. The maximum absolute atomic E-state index is 12.3. The Labute approximate surface area is 125 Å². The Morgan fingerprint density at radius 3 is 2.57 bits per heavy atom. The summed E-state index contributed by atoms with van der Waals surface area (Å²) >= 11 is 0. The normalized spacial score (nSPS) is 18.3. The predicted octanol–water partition coefficient (Wildman–Crippen LogP) is 1.95. The highest BCUT2D eigenvalue weighted by molar-refractivity contribution is 6.09. The Bertz CT molecular complexity index is 494. The third kappa shape index (κ3) is 4.04. The molecule has 1 aromatic carbocycles. The second kappa shape index (κ2) is 6.72. The summed E-state index contributed by atoms with van der Waals surface area (Å²) in [6, 6.07) is 9.12. The molecule has 21 heavy (non-hydrogen) atoms. The second-order valence-corrected chi connectivity index (χ2v) is 5.79. The van der Waals surface area contributed by atoms with Gasteiger partial charge in [0.15, 0.2) is 0 Å². The molecule has 0 radical (unpaired) electrons. The van der Waals surface area contributed by atoms with Crippen LogP contribution in [0.25, 0.3) is 0 Å². The van der Waals surface area contributed by atoms with Crippen molar-refractivity contribution in [1.82, 2.24) is 5.32 Å². The summed E-state index contributed by atoms with van der Waals surface area (Å²) in [5.74, 6) is -0.607. The minimum absolute atomic E-state index is 0.0712. The fourth-order valence-corrected chi connectivity index (χ4v) is 2.14. The Kier molecular flexibility index (Phi) is 4.96. The topological polar surface area (TPSA) is 67.4 Å². The standard InChI is InChI=1S/C16H22N2O3/c1-16(2,14(19)17-11-13-9-6-10-21-13)15(20)18-12-7-4-3-5-8-12/h3-5,7-8,13H,6,9-11H2,1-2H3,(H,17,19)(H,18,20). The highest BCUT2D eigenvalue weighted by Crippen LogP contribution is 2.19. The maximum Gasteiger partial charge on any atom is 0.239 e. The minimum atomic E-state index is -1.13. The van der Waals surface area contributed by atoms with Crippen molar-refractivity contribution in [1.29, 1.82) is 0 Å². The number of anilines is 1. The van der Waals surface area contributed by atoms with E-state index in [0.717, 1.165) is 19.4 Å². The predicted molar refractivity (Wildman–Crippen MR) is 80.8 cm³/mol. The van der Waals surface area contributed by atoms with Crippen LogP contribution in [0.2, 0.25) is 0 Å². The molecule has 0 saturated carbocycles. The lowest BCUT2D eigenvalue weighted by molar-refractivity contribution is -0.138. The molecular formula is C16H22N2O3. The number of benzene rings is 1. The van der Waals surface area contributed by atoms with Gasteiger partial charge >= 0.3 is 0 Å². The third-order valence-electron chi connectivity index (χ3n) is 3.68. The highest BCUT2D eigenvalue weighted by atomic mass is 16.5. The van der Waals surface area contributed by atoms with Crippen molar-refractivity contribution in [2.24, 2.45) is 5.41 Å². The number of nitrogens with one attached hydrogen (secondary N) is 2. The molecule has 0 bridgehead atoms. The molecule has 2 rings (SSSR count). The van der Waals surface area contributed by atoms with Crippen LogP contribution >= 0.6 is 0 Å². The second-order valence-electron chi connectivity index (χ2n) is 5.79. The van der Waals surface area contributed by atoms with Crippen molar-refractivity contribution in [3.8, 4) is 0 Å². The molecule has 1 aliphatic heterocycles. The van der Waals surface area contributed by atoms with E-state index in [9.17, 15) is 9.59 Å². The smallest absolute Gasteiger partial charge is 0.239 e. The molecule has 5 nitrogen and oxygen atoms in total. The number of carbonyl (C=O) groups is 2. The van der Waals surface area contributed by atoms with Gasteiger partial charge in [-0.15, -0.1) is 0 Å². The number of para-hydroxylation sites is 1. The van der Waals surface area contributed by atoms with Crippen LogP contribution in [0.3, 0.4) is 0 Å². The van der Waals surface area contributed by atoms with Gasteiger partial charge in [0, 0.05) is 18.8 Å². The van der Waals surface area contributed by atoms with Gasteiger partial charge in [0.1, 0.15) is 5.41 Å². The maximum atomic E-state index is 12.3. The monoisotopic (exact) mass is 290 g/mol. The number of hydrogen-bond donors (Lipinski definition) is 2. The molecule has 1 atom stereocenters. The SMILES string of the molecule is CC(C)(C(=O)NCC1CCCO1)C(=O)Nc1ccccc1. The number of amides is 2. The van der Waals surface area contributed by atoms with Gasteiger partial charge in [0.25, 0.3) is 0 Å². The summed E-state index contributed by atoms with van der Waals surface area (Å²) in [5, 5.41) is 5.57. The Hall–Kier alpha value is -1.88. The molecule has 5 heteroatoms.